The number of nitrogens with one attached hydrogen (secondary N) is 1. The fraction of sp³-hybridized carbons (Fsp3) is 0.280. The normalized spacial score (nSPS) is 25.6. The van der Waals surface area contributed by atoms with Gasteiger partial charge < -0.3 is 10.1 Å². The van der Waals surface area contributed by atoms with Gasteiger partial charge in [-0.25, -0.2) is 0 Å². The van der Waals surface area contributed by atoms with E-state index in [0.717, 1.165) is 23.7 Å². The van der Waals surface area contributed by atoms with E-state index in [2.05, 4.69) is 78.1 Å². The van der Waals surface area contributed by atoms with E-state index in [4.69, 9.17) is 4.74 Å². The first-order valence-corrected chi connectivity index (χ1v) is 11.3. The standard InChI is InChI=1S/C25H23NOS/c1-2-5-20-16(4-1)10-13-23-21-6-3-7-22(21)24(26-25(20)23)17-8-11-18(12-9-17)27-19-14-28-15-19/h1-6,8-13,19,21-22,24,26H,7,14-15H2. The van der Waals surface area contributed by atoms with Crippen LogP contribution in [0.4, 0.5) is 5.69 Å². The van der Waals surface area contributed by atoms with Crippen molar-refractivity contribution in [2.24, 2.45) is 5.92 Å². The first-order chi connectivity index (χ1) is 13.9. The number of hydrogen-bond acceptors (Lipinski definition) is 3. The van der Waals surface area contributed by atoms with Crippen molar-refractivity contribution in [2.75, 3.05) is 16.8 Å². The lowest BCUT2D eigenvalue weighted by Crippen LogP contribution is -2.31. The summed E-state index contributed by atoms with van der Waals surface area (Å²) in [5.41, 5.74) is 4.10. The Labute approximate surface area is 170 Å². The number of benzene rings is 3. The molecule has 0 spiro atoms. The molecule has 2 aliphatic heterocycles. The van der Waals surface area contributed by atoms with E-state index in [1.165, 1.54) is 27.6 Å². The van der Waals surface area contributed by atoms with E-state index in [0.29, 0.717) is 24.0 Å². The predicted molar refractivity (Wildman–Crippen MR) is 118 cm³/mol. The van der Waals surface area contributed by atoms with Crippen LogP contribution in [0.1, 0.15) is 29.5 Å². The maximum atomic E-state index is 6.04. The first kappa shape index (κ1) is 16.6. The molecule has 0 saturated carbocycles. The molecule has 1 saturated heterocycles. The predicted octanol–water partition coefficient (Wildman–Crippen LogP) is 6.16. The molecule has 0 radical (unpaired) electrons. The van der Waals surface area contributed by atoms with Crippen molar-refractivity contribution in [1.82, 2.24) is 0 Å². The average Bonchev–Trinajstić information content (AvgIpc) is 3.20. The quantitative estimate of drug-likeness (QED) is 0.546. The van der Waals surface area contributed by atoms with E-state index >= 15 is 0 Å². The number of ether oxygens (including phenoxy) is 1. The van der Waals surface area contributed by atoms with Crippen LogP contribution in [-0.4, -0.2) is 17.6 Å². The van der Waals surface area contributed by atoms with E-state index < -0.39 is 0 Å². The molecule has 3 unspecified atom stereocenters. The van der Waals surface area contributed by atoms with Gasteiger partial charge in [0.2, 0.25) is 0 Å². The molecule has 1 aliphatic carbocycles. The Kier molecular flexibility index (Phi) is 3.90. The smallest absolute Gasteiger partial charge is 0.119 e. The molecule has 1 fully saturated rings. The molecule has 0 amide bonds. The van der Waals surface area contributed by atoms with Crippen LogP contribution in [0.3, 0.4) is 0 Å². The molecule has 6 rings (SSSR count). The van der Waals surface area contributed by atoms with Gasteiger partial charge in [0.15, 0.2) is 0 Å². The maximum absolute atomic E-state index is 6.04. The lowest BCUT2D eigenvalue weighted by atomic mass is 9.76. The monoisotopic (exact) mass is 385 g/mol. The van der Waals surface area contributed by atoms with Crippen molar-refractivity contribution >= 4 is 28.2 Å². The maximum Gasteiger partial charge on any atom is 0.119 e. The number of anilines is 1. The summed E-state index contributed by atoms with van der Waals surface area (Å²) >= 11 is 1.95. The zero-order chi connectivity index (χ0) is 18.5. The number of fused-ring (bicyclic) bond motifs is 5. The summed E-state index contributed by atoms with van der Waals surface area (Å²) in [6.07, 6.45) is 6.30. The summed E-state index contributed by atoms with van der Waals surface area (Å²) in [5, 5.41) is 6.55. The van der Waals surface area contributed by atoms with Crippen molar-refractivity contribution in [3.63, 3.8) is 0 Å². The summed E-state index contributed by atoms with van der Waals surface area (Å²) in [6, 6.07) is 22.4. The molecule has 140 valence electrons. The van der Waals surface area contributed by atoms with Crippen molar-refractivity contribution in [2.45, 2.75) is 24.5 Å². The van der Waals surface area contributed by atoms with E-state index in [1.54, 1.807) is 0 Å². The summed E-state index contributed by atoms with van der Waals surface area (Å²) in [6.45, 7) is 0. The number of rotatable bonds is 3. The molecule has 3 atom stereocenters. The van der Waals surface area contributed by atoms with Gasteiger partial charge in [0, 0.05) is 28.5 Å². The molecular weight excluding hydrogens is 362 g/mol. The Morgan fingerprint density at radius 3 is 2.61 bits per heavy atom. The highest BCUT2D eigenvalue weighted by molar-refractivity contribution is 8.00. The van der Waals surface area contributed by atoms with Crippen LogP contribution >= 0.6 is 11.8 Å². The van der Waals surface area contributed by atoms with E-state index in [1.807, 2.05) is 11.8 Å². The Morgan fingerprint density at radius 1 is 0.929 bits per heavy atom. The molecule has 0 aromatic heterocycles. The van der Waals surface area contributed by atoms with Crippen LogP contribution in [0.15, 0.2) is 72.8 Å². The van der Waals surface area contributed by atoms with Gasteiger partial charge in [-0.3, -0.25) is 0 Å². The van der Waals surface area contributed by atoms with Crippen molar-refractivity contribution < 1.29 is 4.74 Å². The molecule has 1 N–H and O–H groups in total. The Morgan fingerprint density at radius 2 is 1.79 bits per heavy atom. The molecule has 0 bridgehead atoms. The molecule has 28 heavy (non-hydrogen) atoms. The summed E-state index contributed by atoms with van der Waals surface area (Å²) < 4.78 is 6.04. The summed E-state index contributed by atoms with van der Waals surface area (Å²) in [5.74, 6) is 4.30. The Hall–Kier alpha value is -2.39. The third kappa shape index (κ3) is 2.64. The molecular formula is C25H23NOS. The second-order valence-corrected chi connectivity index (χ2v) is 9.15. The zero-order valence-corrected chi connectivity index (χ0v) is 16.5. The Bertz CT molecular complexity index is 1050. The minimum Gasteiger partial charge on any atom is -0.489 e. The van der Waals surface area contributed by atoms with Crippen LogP contribution in [-0.2, 0) is 0 Å². The van der Waals surface area contributed by atoms with Crippen LogP contribution in [0, 0.1) is 5.92 Å². The van der Waals surface area contributed by atoms with Gasteiger partial charge in [0.05, 0.1) is 6.04 Å². The average molecular weight is 386 g/mol. The largest absolute Gasteiger partial charge is 0.489 e. The van der Waals surface area contributed by atoms with Gasteiger partial charge in [-0.15, -0.1) is 0 Å². The second-order valence-electron chi connectivity index (χ2n) is 8.07. The lowest BCUT2D eigenvalue weighted by Gasteiger charge is -2.38. The molecule has 3 aromatic rings. The molecule has 3 aliphatic rings. The molecule has 2 nitrogen and oxygen atoms in total. The molecule has 2 heterocycles. The van der Waals surface area contributed by atoms with Gasteiger partial charge in [-0.1, -0.05) is 60.7 Å². The van der Waals surface area contributed by atoms with Crippen LogP contribution < -0.4 is 10.1 Å². The SMILES string of the molecule is C1=CC2c3ccc4ccccc4c3NC(c3ccc(OC4CSC4)cc3)C2C1. The van der Waals surface area contributed by atoms with Crippen LogP contribution in [0.5, 0.6) is 5.75 Å². The highest BCUT2D eigenvalue weighted by Gasteiger charge is 2.38. The minimum atomic E-state index is 0.326. The van der Waals surface area contributed by atoms with Crippen molar-refractivity contribution in [1.29, 1.82) is 0 Å². The molecule has 3 heteroatoms. The number of thioether (sulfide) groups is 1. The highest BCUT2D eigenvalue weighted by atomic mass is 32.2. The fourth-order valence-electron chi connectivity index (χ4n) is 4.90. The molecule has 3 aromatic carbocycles. The first-order valence-electron chi connectivity index (χ1n) is 10.2. The van der Waals surface area contributed by atoms with E-state index in [-0.39, 0.29) is 0 Å². The highest BCUT2D eigenvalue weighted by Crippen LogP contribution is 2.51. The van der Waals surface area contributed by atoms with Crippen LogP contribution in [0.2, 0.25) is 0 Å². The van der Waals surface area contributed by atoms with Gasteiger partial charge in [-0.05, 0) is 41.0 Å². The van der Waals surface area contributed by atoms with Gasteiger partial charge >= 0.3 is 0 Å². The number of hydrogen-bond donors (Lipinski definition) is 1. The van der Waals surface area contributed by atoms with Gasteiger partial charge in [0.1, 0.15) is 11.9 Å². The fourth-order valence-corrected chi connectivity index (χ4v) is 5.46. The number of allylic oxidation sites excluding steroid dienone is 2. The Balaban J connectivity index is 1.37. The van der Waals surface area contributed by atoms with E-state index in [9.17, 15) is 0 Å². The minimum absolute atomic E-state index is 0.326. The van der Waals surface area contributed by atoms with Gasteiger partial charge in [0.25, 0.3) is 0 Å². The van der Waals surface area contributed by atoms with Gasteiger partial charge in [-0.2, -0.15) is 11.8 Å². The van der Waals surface area contributed by atoms with Crippen molar-refractivity contribution in [3.8, 4) is 5.75 Å². The van der Waals surface area contributed by atoms with Crippen LogP contribution in [0.25, 0.3) is 10.8 Å². The third-order valence-corrected chi connectivity index (χ3v) is 7.63. The summed E-state index contributed by atoms with van der Waals surface area (Å²) in [4.78, 5) is 0. The third-order valence-electron chi connectivity index (χ3n) is 6.41. The lowest BCUT2D eigenvalue weighted by molar-refractivity contribution is 0.240. The zero-order valence-electron chi connectivity index (χ0n) is 15.7. The summed E-state index contributed by atoms with van der Waals surface area (Å²) in [7, 11) is 0. The topological polar surface area (TPSA) is 21.3 Å². The van der Waals surface area contributed by atoms with Crippen molar-refractivity contribution in [3.05, 3.63) is 83.9 Å². The second kappa shape index (κ2) is 6.59.